The van der Waals surface area contributed by atoms with Gasteiger partial charge in [-0.05, 0) is 13.1 Å². The van der Waals surface area contributed by atoms with Crippen molar-refractivity contribution >= 4 is 0 Å². The molecule has 1 rings (SSSR count). The number of aliphatic hydroxyl groups is 1. The predicted molar refractivity (Wildman–Crippen MR) is 56.8 cm³/mol. The van der Waals surface area contributed by atoms with E-state index >= 15 is 0 Å². The van der Waals surface area contributed by atoms with Crippen LogP contribution in [0.25, 0.3) is 0 Å². The first-order valence-corrected chi connectivity index (χ1v) is 5.23. The van der Waals surface area contributed by atoms with Crippen molar-refractivity contribution in [3.05, 3.63) is 22.5 Å². The summed E-state index contributed by atoms with van der Waals surface area (Å²) in [6.07, 6.45) is 1.37. The summed E-state index contributed by atoms with van der Waals surface area (Å²) in [6, 6.07) is 0. The molecule has 0 bridgehead atoms. The highest BCUT2D eigenvalue weighted by molar-refractivity contribution is 4.91. The van der Waals surface area contributed by atoms with Gasteiger partial charge in [-0.15, -0.1) is 0 Å². The highest BCUT2D eigenvalue weighted by atomic mass is 16.4. The van der Waals surface area contributed by atoms with Crippen molar-refractivity contribution in [1.82, 2.24) is 9.88 Å². The molecule has 1 aromatic heterocycles. The molecule has 1 atom stereocenters. The van der Waals surface area contributed by atoms with Crippen LogP contribution in [0.5, 0.6) is 0 Å². The summed E-state index contributed by atoms with van der Waals surface area (Å²) in [7, 11) is 0. The number of likely N-dealkylation sites (N-methyl/N-ethyl adjacent to an activating group) is 1. The maximum Gasteiger partial charge on any atom is 0.416 e. The second-order valence-corrected chi connectivity index (χ2v) is 3.49. The third-order valence-electron chi connectivity index (χ3n) is 2.37. The van der Waals surface area contributed by atoms with Gasteiger partial charge in [0.15, 0.2) is 0 Å². The topological polar surface area (TPSA) is 69.5 Å². The van der Waals surface area contributed by atoms with Crippen molar-refractivity contribution in [3.63, 3.8) is 0 Å². The SMILES string of the molecule is CCN(CC)CC(O)Cc1c[nH]c(=O)o1. The quantitative estimate of drug-likeness (QED) is 0.710. The first-order chi connectivity index (χ1) is 7.15. The number of H-pyrrole nitrogens is 1. The van der Waals surface area contributed by atoms with E-state index < -0.39 is 11.9 Å². The van der Waals surface area contributed by atoms with E-state index in [2.05, 4.69) is 9.88 Å². The number of aromatic amines is 1. The molecule has 5 nitrogen and oxygen atoms in total. The maximum absolute atomic E-state index is 10.7. The Balaban J connectivity index is 2.41. The molecule has 0 spiro atoms. The molecule has 15 heavy (non-hydrogen) atoms. The zero-order valence-corrected chi connectivity index (χ0v) is 9.19. The number of hydrogen-bond donors (Lipinski definition) is 2. The van der Waals surface area contributed by atoms with Crippen molar-refractivity contribution in [3.8, 4) is 0 Å². The molecule has 0 aliphatic heterocycles. The number of rotatable bonds is 6. The summed E-state index contributed by atoms with van der Waals surface area (Å²) in [5.41, 5.74) is 0. The Hall–Kier alpha value is -1.07. The third kappa shape index (κ3) is 3.89. The number of aliphatic hydroxyl groups excluding tert-OH is 1. The summed E-state index contributed by atoms with van der Waals surface area (Å²) in [5.74, 6) is 0.0275. The minimum atomic E-state index is -0.496. The predicted octanol–water partition coefficient (Wildman–Crippen LogP) is 0.213. The van der Waals surface area contributed by atoms with Crippen LogP contribution in [0.1, 0.15) is 19.6 Å². The average Bonchev–Trinajstić information content (AvgIpc) is 2.60. The fourth-order valence-corrected chi connectivity index (χ4v) is 1.49. The molecule has 1 heterocycles. The van der Waals surface area contributed by atoms with Crippen LogP contribution in [-0.2, 0) is 6.42 Å². The lowest BCUT2D eigenvalue weighted by Gasteiger charge is -2.20. The standard InChI is InChI=1S/C10H18N2O3/c1-3-12(4-2)7-8(13)5-9-6-11-10(14)15-9/h6,8,13H,3-5,7H2,1-2H3,(H,11,14). The Kier molecular flexibility index (Phi) is 4.58. The first kappa shape index (κ1) is 12.0. The van der Waals surface area contributed by atoms with E-state index in [1.807, 2.05) is 13.8 Å². The Labute approximate surface area is 88.7 Å². The van der Waals surface area contributed by atoms with Gasteiger partial charge in [-0.2, -0.15) is 0 Å². The lowest BCUT2D eigenvalue weighted by Crippen LogP contribution is -2.33. The molecule has 2 N–H and O–H groups in total. The van der Waals surface area contributed by atoms with E-state index in [4.69, 9.17) is 4.42 Å². The van der Waals surface area contributed by atoms with E-state index in [0.29, 0.717) is 18.7 Å². The molecule has 1 aromatic rings. The molecule has 0 radical (unpaired) electrons. The Bertz CT molecular complexity index is 327. The summed E-state index contributed by atoms with van der Waals surface area (Å²) >= 11 is 0. The molecule has 86 valence electrons. The van der Waals surface area contributed by atoms with Crippen LogP contribution in [0, 0.1) is 0 Å². The molecule has 0 aliphatic rings. The number of oxazole rings is 1. The minimum Gasteiger partial charge on any atom is -0.413 e. The van der Waals surface area contributed by atoms with Crippen LogP contribution >= 0.6 is 0 Å². The number of nitrogens with one attached hydrogen (secondary N) is 1. The Morgan fingerprint density at radius 2 is 2.20 bits per heavy atom. The summed E-state index contributed by atoms with van der Waals surface area (Å²) in [6.45, 7) is 6.51. The van der Waals surface area contributed by atoms with Crippen molar-refractivity contribution in [2.45, 2.75) is 26.4 Å². The van der Waals surface area contributed by atoms with Gasteiger partial charge in [-0.3, -0.25) is 4.98 Å². The lowest BCUT2D eigenvalue weighted by molar-refractivity contribution is 0.113. The number of aromatic nitrogens is 1. The second kappa shape index (κ2) is 5.72. The molecule has 1 unspecified atom stereocenters. The van der Waals surface area contributed by atoms with Gasteiger partial charge in [0.05, 0.1) is 6.10 Å². The molecular weight excluding hydrogens is 196 g/mol. The van der Waals surface area contributed by atoms with Gasteiger partial charge in [0.25, 0.3) is 0 Å². The van der Waals surface area contributed by atoms with Crippen LogP contribution < -0.4 is 5.76 Å². The monoisotopic (exact) mass is 214 g/mol. The fraction of sp³-hybridized carbons (Fsp3) is 0.700. The summed E-state index contributed by atoms with van der Waals surface area (Å²) in [5, 5.41) is 9.73. The van der Waals surface area contributed by atoms with Crippen LogP contribution in [0.2, 0.25) is 0 Å². The van der Waals surface area contributed by atoms with E-state index in [1.165, 1.54) is 6.20 Å². The average molecular weight is 214 g/mol. The maximum atomic E-state index is 10.7. The Morgan fingerprint density at radius 3 is 2.67 bits per heavy atom. The van der Waals surface area contributed by atoms with Gasteiger partial charge in [0, 0.05) is 19.2 Å². The molecule has 0 saturated carbocycles. The van der Waals surface area contributed by atoms with E-state index in [0.717, 1.165) is 13.1 Å². The van der Waals surface area contributed by atoms with E-state index in [-0.39, 0.29) is 0 Å². The van der Waals surface area contributed by atoms with Crippen molar-refractivity contribution < 1.29 is 9.52 Å². The number of hydrogen-bond acceptors (Lipinski definition) is 4. The van der Waals surface area contributed by atoms with E-state index in [1.54, 1.807) is 0 Å². The molecule has 0 fully saturated rings. The zero-order chi connectivity index (χ0) is 11.3. The summed E-state index contributed by atoms with van der Waals surface area (Å²) in [4.78, 5) is 15.2. The molecule has 0 aliphatic carbocycles. The van der Waals surface area contributed by atoms with Crippen molar-refractivity contribution in [1.29, 1.82) is 0 Å². The normalized spacial score (nSPS) is 13.3. The minimum absolute atomic E-state index is 0.370. The largest absolute Gasteiger partial charge is 0.416 e. The Morgan fingerprint density at radius 1 is 1.53 bits per heavy atom. The van der Waals surface area contributed by atoms with Gasteiger partial charge in [0.2, 0.25) is 0 Å². The second-order valence-electron chi connectivity index (χ2n) is 3.49. The molecule has 0 aromatic carbocycles. The fourth-order valence-electron chi connectivity index (χ4n) is 1.49. The van der Waals surface area contributed by atoms with Crippen molar-refractivity contribution in [2.24, 2.45) is 0 Å². The number of nitrogens with zero attached hydrogens (tertiary/aromatic N) is 1. The van der Waals surface area contributed by atoms with Crippen molar-refractivity contribution in [2.75, 3.05) is 19.6 Å². The highest BCUT2D eigenvalue weighted by Crippen LogP contribution is 2.01. The van der Waals surface area contributed by atoms with Gasteiger partial charge in [0.1, 0.15) is 5.76 Å². The third-order valence-corrected chi connectivity index (χ3v) is 2.37. The van der Waals surface area contributed by atoms with Gasteiger partial charge in [-0.25, -0.2) is 4.79 Å². The molecular formula is C10H18N2O3. The van der Waals surface area contributed by atoms with Crippen LogP contribution in [-0.4, -0.2) is 40.7 Å². The van der Waals surface area contributed by atoms with Crippen LogP contribution in [0.15, 0.2) is 15.4 Å². The molecule has 0 saturated heterocycles. The van der Waals surface area contributed by atoms with Crippen LogP contribution in [0.4, 0.5) is 0 Å². The zero-order valence-electron chi connectivity index (χ0n) is 9.19. The van der Waals surface area contributed by atoms with Crippen LogP contribution in [0.3, 0.4) is 0 Å². The first-order valence-electron chi connectivity index (χ1n) is 5.23. The molecule has 0 amide bonds. The highest BCUT2D eigenvalue weighted by Gasteiger charge is 2.11. The smallest absolute Gasteiger partial charge is 0.413 e. The molecule has 5 heteroatoms. The van der Waals surface area contributed by atoms with Gasteiger partial charge in [-0.1, -0.05) is 13.8 Å². The van der Waals surface area contributed by atoms with Gasteiger partial charge >= 0.3 is 5.76 Å². The van der Waals surface area contributed by atoms with E-state index in [9.17, 15) is 9.90 Å². The lowest BCUT2D eigenvalue weighted by atomic mass is 10.2. The van der Waals surface area contributed by atoms with Gasteiger partial charge < -0.3 is 14.4 Å². The summed E-state index contributed by atoms with van der Waals surface area (Å²) < 4.78 is 4.81.